The van der Waals surface area contributed by atoms with Gasteiger partial charge in [-0.05, 0) is 92.4 Å². The summed E-state index contributed by atoms with van der Waals surface area (Å²) in [6, 6.07) is 13.0. The van der Waals surface area contributed by atoms with Crippen molar-refractivity contribution in [3.8, 4) is 0 Å². The zero-order chi connectivity index (χ0) is 19.7. The van der Waals surface area contributed by atoms with Gasteiger partial charge < -0.3 is 0 Å². The molecular formula is C21H24I2N4. The van der Waals surface area contributed by atoms with Crippen molar-refractivity contribution in [3.63, 3.8) is 0 Å². The predicted molar refractivity (Wildman–Crippen MR) is 130 cm³/mol. The number of halogens is 2. The first-order valence-corrected chi connectivity index (χ1v) is 11.2. The molecule has 27 heavy (non-hydrogen) atoms. The van der Waals surface area contributed by atoms with Crippen LogP contribution in [-0.2, 0) is 7.05 Å². The van der Waals surface area contributed by atoms with E-state index in [2.05, 4.69) is 125 Å². The van der Waals surface area contributed by atoms with Gasteiger partial charge in [-0.15, -0.1) is 0 Å². The quantitative estimate of drug-likeness (QED) is 0.270. The summed E-state index contributed by atoms with van der Waals surface area (Å²) in [7, 11) is 1.99. The van der Waals surface area contributed by atoms with Crippen LogP contribution < -0.4 is 0 Å². The van der Waals surface area contributed by atoms with Gasteiger partial charge in [0.2, 0.25) is 0 Å². The van der Waals surface area contributed by atoms with Crippen molar-refractivity contribution in [3.05, 3.63) is 54.9 Å². The number of aromatic amines is 1. The van der Waals surface area contributed by atoms with Crippen molar-refractivity contribution in [2.45, 2.75) is 39.5 Å². The molecule has 0 aliphatic rings. The third-order valence-electron chi connectivity index (χ3n) is 4.69. The summed E-state index contributed by atoms with van der Waals surface area (Å²) in [5.41, 5.74) is 5.00. The van der Waals surface area contributed by atoms with Gasteiger partial charge in [0.15, 0.2) is 0 Å². The average Bonchev–Trinajstić information content (AvgIpc) is 3.15. The highest BCUT2D eigenvalue weighted by Crippen LogP contribution is 2.25. The summed E-state index contributed by atoms with van der Waals surface area (Å²) < 4.78 is 4.14. The van der Waals surface area contributed by atoms with E-state index in [-0.39, 0.29) is 0 Å². The molecule has 0 aliphatic heterocycles. The SMILES string of the molecule is CC(C)c1ccc2c(c1)c(I)nn2C.CC(C)c1ccc2n[nH]c(I)c2c1. The minimum absolute atomic E-state index is 0.579. The molecule has 0 spiro atoms. The molecule has 0 bridgehead atoms. The van der Waals surface area contributed by atoms with Crippen LogP contribution in [0, 0.1) is 7.40 Å². The maximum atomic E-state index is 4.39. The maximum Gasteiger partial charge on any atom is 0.131 e. The van der Waals surface area contributed by atoms with Crippen LogP contribution in [0.4, 0.5) is 0 Å². The smallest absolute Gasteiger partial charge is 0.131 e. The van der Waals surface area contributed by atoms with Gasteiger partial charge in [-0.1, -0.05) is 39.8 Å². The van der Waals surface area contributed by atoms with Crippen molar-refractivity contribution >= 4 is 67.0 Å². The molecule has 1 N–H and O–H groups in total. The highest BCUT2D eigenvalue weighted by Gasteiger charge is 2.08. The predicted octanol–water partition coefficient (Wildman–Crippen LogP) is 6.59. The summed E-state index contributed by atoms with van der Waals surface area (Å²) in [6.45, 7) is 8.83. The lowest BCUT2D eigenvalue weighted by atomic mass is 10.0. The molecule has 6 heteroatoms. The first-order chi connectivity index (χ1) is 12.8. The molecule has 0 fully saturated rings. The van der Waals surface area contributed by atoms with E-state index in [0.717, 1.165) is 12.9 Å². The molecule has 2 aromatic carbocycles. The van der Waals surface area contributed by atoms with Gasteiger partial charge in [-0.2, -0.15) is 10.2 Å². The second-order valence-electron chi connectivity index (χ2n) is 7.31. The number of nitrogens with one attached hydrogen (secondary N) is 1. The third-order valence-corrected chi connectivity index (χ3v) is 6.31. The maximum absolute atomic E-state index is 4.39. The summed E-state index contributed by atoms with van der Waals surface area (Å²) in [5, 5.41) is 14.1. The molecule has 2 aromatic heterocycles. The number of H-pyrrole nitrogens is 1. The van der Waals surface area contributed by atoms with Crippen LogP contribution in [0.5, 0.6) is 0 Å². The molecule has 4 rings (SSSR count). The van der Waals surface area contributed by atoms with Crippen LogP contribution in [0.15, 0.2) is 36.4 Å². The Bertz CT molecular complexity index is 1080. The highest BCUT2D eigenvalue weighted by molar-refractivity contribution is 14.1. The Hall–Kier alpha value is -1.16. The molecule has 0 radical (unpaired) electrons. The minimum Gasteiger partial charge on any atom is -0.271 e. The van der Waals surface area contributed by atoms with Crippen LogP contribution in [0.3, 0.4) is 0 Å². The first kappa shape index (κ1) is 20.6. The summed E-state index contributed by atoms with van der Waals surface area (Å²) in [4.78, 5) is 0. The van der Waals surface area contributed by atoms with Gasteiger partial charge in [-0.3, -0.25) is 9.78 Å². The van der Waals surface area contributed by atoms with E-state index >= 15 is 0 Å². The molecule has 0 atom stereocenters. The Labute approximate surface area is 187 Å². The molecule has 0 amide bonds. The Morgan fingerprint density at radius 3 is 2.11 bits per heavy atom. The lowest BCUT2D eigenvalue weighted by Gasteiger charge is -2.04. The van der Waals surface area contributed by atoms with E-state index in [4.69, 9.17) is 0 Å². The van der Waals surface area contributed by atoms with Gasteiger partial charge in [-0.25, -0.2) is 0 Å². The second kappa shape index (κ2) is 8.46. The number of aryl methyl sites for hydroxylation is 1. The fraction of sp³-hybridized carbons (Fsp3) is 0.333. The van der Waals surface area contributed by atoms with Gasteiger partial charge in [0.1, 0.15) is 7.40 Å². The number of nitrogens with zero attached hydrogens (tertiary/aromatic N) is 3. The number of aromatic nitrogens is 4. The number of benzene rings is 2. The third kappa shape index (κ3) is 4.47. The van der Waals surface area contributed by atoms with Crippen molar-refractivity contribution in [2.75, 3.05) is 0 Å². The summed E-state index contributed by atoms with van der Waals surface area (Å²) in [5.74, 6) is 1.16. The van der Waals surface area contributed by atoms with E-state index in [0.29, 0.717) is 11.8 Å². The zero-order valence-corrected chi connectivity index (χ0v) is 20.5. The number of fused-ring (bicyclic) bond motifs is 2. The monoisotopic (exact) mass is 586 g/mol. The van der Waals surface area contributed by atoms with Crippen molar-refractivity contribution < 1.29 is 0 Å². The number of hydrogen-bond donors (Lipinski definition) is 1. The molecule has 142 valence electrons. The fourth-order valence-electron chi connectivity index (χ4n) is 2.96. The number of rotatable bonds is 2. The van der Waals surface area contributed by atoms with Gasteiger partial charge in [0.05, 0.1) is 11.0 Å². The van der Waals surface area contributed by atoms with E-state index < -0.39 is 0 Å². The lowest BCUT2D eigenvalue weighted by molar-refractivity contribution is 0.787. The van der Waals surface area contributed by atoms with Gasteiger partial charge >= 0.3 is 0 Å². The fourth-order valence-corrected chi connectivity index (χ4v) is 4.26. The van der Waals surface area contributed by atoms with Crippen LogP contribution >= 0.6 is 45.2 Å². The van der Waals surface area contributed by atoms with Crippen molar-refractivity contribution in [1.29, 1.82) is 0 Å². The van der Waals surface area contributed by atoms with E-state index in [1.807, 2.05) is 11.7 Å². The Morgan fingerprint density at radius 2 is 1.48 bits per heavy atom. The zero-order valence-electron chi connectivity index (χ0n) is 16.2. The second-order valence-corrected chi connectivity index (χ2v) is 9.42. The first-order valence-electron chi connectivity index (χ1n) is 9.03. The summed E-state index contributed by atoms with van der Waals surface area (Å²) >= 11 is 4.56. The molecule has 0 aliphatic carbocycles. The molecule has 0 unspecified atom stereocenters. The molecule has 0 saturated carbocycles. The Morgan fingerprint density at radius 1 is 0.889 bits per heavy atom. The molecular weight excluding hydrogens is 562 g/mol. The highest BCUT2D eigenvalue weighted by atomic mass is 127. The molecule has 4 aromatic rings. The standard InChI is InChI=1S/C11H13IN2.C10H11IN2/c1-7(2)8-4-5-10-9(6-8)11(12)13-14(10)3;1-6(2)7-3-4-9-8(5-7)10(11)13-12-9/h4-7H,1-3H3;3-6H,1-2H3,(H,12,13). The van der Waals surface area contributed by atoms with E-state index in [1.54, 1.807) is 0 Å². The lowest BCUT2D eigenvalue weighted by Crippen LogP contribution is -1.90. The molecule has 2 heterocycles. The Balaban J connectivity index is 0.000000156. The van der Waals surface area contributed by atoms with Crippen molar-refractivity contribution in [2.24, 2.45) is 7.05 Å². The largest absolute Gasteiger partial charge is 0.271 e. The van der Waals surface area contributed by atoms with E-state index in [9.17, 15) is 0 Å². The van der Waals surface area contributed by atoms with Crippen LogP contribution in [0.2, 0.25) is 0 Å². The topological polar surface area (TPSA) is 46.5 Å². The van der Waals surface area contributed by atoms with Crippen LogP contribution in [0.25, 0.3) is 21.8 Å². The van der Waals surface area contributed by atoms with Crippen LogP contribution in [0.1, 0.15) is 50.7 Å². The minimum atomic E-state index is 0.579. The van der Waals surface area contributed by atoms with Crippen LogP contribution in [-0.4, -0.2) is 20.0 Å². The normalized spacial score (nSPS) is 11.4. The number of hydrogen-bond acceptors (Lipinski definition) is 2. The van der Waals surface area contributed by atoms with E-state index in [1.165, 1.54) is 27.4 Å². The Kier molecular flexibility index (Phi) is 6.45. The van der Waals surface area contributed by atoms with Crippen molar-refractivity contribution in [1.82, 2.24) is 20.0 Å². The average molecular weight is 586 g/mol. The summed E-state index contributed by atoms with van der Waals surface area (Å²) in [6.07, 6.45) is 0. The van der Waals surface area contributed by atoms with Gasteiger partial charge in [0, 0.05) is 17.8 Å². The molecule has 0 saturated heterocycles. The van der Waals surface area contributed by atoms with Gasteiger partial charge in [0.25, 0.3) is 0 Å². The molecule has 4 nitrogen and oxygen atoms in total.